The molecule has 0 saturated carbocycles. The molecule has 0 radical (unpaired) electrons. The van der Waals surface area contributed by atoms with Crippen molar-refractivity contribution in [2.75, 3.05) is 19.7 Å². The maximum absolute atomic E-state index is 6.10. The van der Waals surface area contributed by atoms with Crippen molar-refractivity contribution in [1.29, 1.82) is 0 Å². The summed E-state index contributed by atoms with van der Waals surface area (Å²) in [5.74, 6) is 0.932. The first kappa shape index (κ1) is 13.4. The second-order valence-electron chi connectivity index (χ2n) is 5.42. The standard InChI is InChI=1S/C15H23NO2/c1-4-8-17-13-7-5-6-12(9-13)14-10-16-11-15(2,3)18-14/h5-7,9,14,16H,4,8,10-11H2,1-3H3. The summed E-state index contributed by atoms with van der Waals surface area (Å²) in [6.45, 7) is 8.86. The van der Waals surface area contributed by atoms with Crippen LogP contribution in [-0.4, -0.2) is 25.3 Å². The Balaban J connectivity index is 2.07. The molecule has 3 nitrogen and oxygen atoms in total. The van der Waals surface area contributed by atoms with E-state index in [1.807, 2.05) is 12.1 Å². The lowest BCUT2D eigenvalue weighted by Crippen LogP contribution is -2.46. The predicted molar refractivity (Wildman–Crippen MR) is 73.0 cm³/mol. The van der Waals surface area contributed by atoms with E-state index >= 15 is 0 Å². The van der Waals surface area contributed by atoms with Crippen LogP contribution in [0.4, 0.5) is 0 Å². The van der Waals surface area contributed by atoms with Crippen LogP contribution in [0.15, 0.2) is 24.3 Å². The Morgan fingerprint density at radius 3 is 3.00 bits per heavy atom. The maximum Gasteiger partial charge on any atom is 0.119 e. The van der Waals surface area contributed by atoms with E-state index in [1.54, 1.807) is 0 Å². The molecular formula is C15H23NO2. The molecule has 1 saturated heterocycles. The highest BCUT2D eigenvalue weighted by molar-refractivity contribution is 5.30. The molecule has 1 heterocycles. The molecule has 0 bridgehead atoms. The van der Waals surface area contributed by atoms with E-state index in [0.717, 1.165) is 31.9 Å². The van der Waals surface area contributed by atoms with Crippen LogP contribution in [0, 0.1) is 0 Å². The number of morpholine rings is 1. The van der Waals surface area contributed by atoms with E-state index in [4.69, 9.17) is 9.47 Å². The van der Waals surface area contributed by atoms with Gasteiger partial charge in [-0.3, -0.25) is 0 Å². The summed E-state index contributed by atoms with van der Waals surface area (Å²) in [5, 5.41) is 3.42. The van der Waals surface area contributed by atoms with Crippen LogP contribution in [0.25, 0.3) is 0 Å². The number of hydrogen-bond acceptors (Lipinski definition) is 3. The minimum Gasteiger partial charge on any atom is -0.494 e. The highest BCUT2D eigenvalue weighted by Gasteiger charge is 2.29. The Bertz CT molecular complexity index is 390. The zero-order valence-corrected chi connectivity index (χ0v) is 11.5. The van der Waals surface area contributed by atoms with Crippen LogP contribution in [0.5, 0.6) is 5.75 Å². The highest BCUT2D eigenvalue weighted by Crippen LogP contribution is 2.28. The minimum absolute atomic E-state index is 0.108. The van der Waals surface area contributed by atoms with Crippen molar-refractivity contribution in [2.45, 2.75) is 38.9 Å². The largest absolute Gasteiger partial charge is 0.494 e. The zero-order chi connectivity index (χ0) is 13.0. The lowest BCUT2D eigenvalue weighted by atomic mass is 10.0. The summed E-state index contributed by atoms with van der Waals surface area (Å²) in [5.41, 5.74) is 1.08. The first-order valence-corrected chi connectivity index (χ1v) is 6.72. The van der Waals surface area contributed by atoms with Crippen LogP contribution in [0.1, 0.15) is 38.9 Å². The molecule has 1 fully saturated rings. The van der Waals surface area contributed by atoms with E-state index in [0.29, 0.717) is 0 Å². The number of ether oxygens (including phenoxy) is 2. The molecule has 0 aromatic heterocycles. The molecule has 1 atom stereocenters. The van der Waals surface area contributed by atoms with Crippen LogP contribution < -0.4 is 10.1 Å². The molecule has 18 heavy (non-hydrogen) atoms. The molecule has 1 aliphatic heterocycles. The van der Waals surface area contributed by atoms with Crippen LogP contribution in [0.2, 0.25) is 0 Å². The van der Waals surface area contributed by atoms with E-state index < -0.39 is 0 Å². The number of nitrogens with one attached hydrogen (secondary N) is 1. The number of benzene rings is 1. The first-order valence-electron chi connectivity index (χ1n) is 6.72. The van der Waals surface area contributed by atoms with Gasteiger partial charge < -0.3 is 14.8 Å². The third-order valence-electron chi connectivity index (χ3n) is 3.04. The smallest absolute Gasteiger partial charge is 0.119 e. The molecule has 1 aromatic rings. The predicted octanol–water partition coefficient (Wildman–Crippen LogP) is 2.91. The van der Waals surface area contributed by atoms with Gasteiger partial charge in [0, 0.05) is 13.1 Å². The van der Waals surface area contributed by atoms with Gasteiger partial charge in [0.25, 0.3) is 0 Å². The average molecular weight is 249 g/mol. The van der Waals surface area contributed by atoms with Gasteiger partial charge in [0.1, 0.15) is 5.75 Å². The molecule has 0 spiro atoms. The molecule has 1 aromatic carbocycles. The minimum atomic E-state index is -0.108. The van der Waals surface area contributed by atoms with Crippen LogP contribution >= 0.6 is 0 Å². The van der Waals surface area contributed by atoms with Gasteiger partial charge in [-0.2, -0.15) is 0 Å². The molecule has 0 aliphatic carbocycles. The van der Waals surface area contributed by atoms with Crippen molar-refractivity contribution in [3.63, 3.8) is 0 Å². The third-order valence-corrected chi connectivity index (χ3v) is 3.04. The molecule has 1 unspecified atom stereocenters. The second-order valence-corrected chi connectivity index (χ2v) is 5.42. The molecule has 100 valence electrons. The summed E-state index contributed by atoms with van der Waals surface area (Å²) in [4.78, 5) is 0. The van der Waals surface area contributed by atoms with E-state index in [9.17, 15) is 0 Å². The van der Waals surface area contributed by atoms with E-state index in [1.165, 1.54) is 5.56 Å². The monoisotopic (exact) mass is 249 g/mol. The lowest BCUT2D eigenvalue weighted by Gasteiger charge is -2.37. The van der Waals surface area contributed by atoms with Crippen molar-refractivity contribution in [1.82, 2.24) is 5.32 Å². The normalized spacial score (nSPS) is 22.7. The summed E-state index contributed by atoms with van der Waals surface area (Å²) in [6.07, 6.45) is 1.14. The van der Waals surface area contributed by atoms with Gasteiger partial charge in [0.15, 0.2) is 0 Å². The lowest BCUT2D eigenvalue weighted by molar-refractivity contribution is -0.0959. The summed E-state index contributed by atoms with van der Waals surface area (Å²) < 4.78 is 11.8. The van der Waals surface area contributed by atoms with Gasteiger partial charge in [-0.15, -0.1) is 0 Å². The topological polar surface area (TPSA) is 30.5 Å². The SMILES string of the molecule is CCCOc1cccc(C2CNCC(C)(C)O2)c1. The first-order chi connectivity index (χ1) is 8.61. The molecular weight excluding hydrogens is 226 g/mol. The fourth-order valence-electron chi connectivity index (χ4n) is 2.18. The van der Waals surface area contributed by atoms with Crippen LogP contribution in [-0.2, 0) is 4.74 Å². The Morgan fingerprint density at radius 2 is 2.28 bits per heavy atom. The molecule has 2 rings (SSSR count). The number of hydrogen-bond donors (Lipinski definition) is 1. The quantitative estimate of drug-likeness (QED) is 0.890. The van der Waals surface area contributed by atoms with Gasteiger partial charge in [-0.1, -0.05) is 19.1 Å². The highest BCUT2D eigenvalue weighted by atomic mass is 16.5. The fraction of sp³-hybridized carbons (Fsp3) is 0.600. The summed E-state index contributed by atoms with van der Waals surface area (Å²) >= 11 is 0. The van der Waals surface area contributed by atoms with Crippen molar-refractivity contribution < 1.29 is 9.47 Å². The summed E-state index contributed by atoms with van der Waals surface area (Å²) in [7, 11) is 0. The molecule has 1 aliphatic rings. The van der Waals surface area contributed by atoms with Gasteiger partial charge in [-0.05, 0) is 38.0 Å². The Labute approximate surface area is 109 Å². The van der Waals surface area contributed by atoms with Crippen molar-refractivity contribution in [3.8, 4) is 5.75 Å². The zero-order valence-electron chi connectivity index (χ0n) is 11.5. The Kier molecular flexibility index (Phi) is 4.25. The third kappa shape index (κ3) is 3.47. The Hall–Kier alpha value is -1.06. The maximum atomic E-state index is 6.10. The van der Waals surface area contributed by atoms with Crippen LogP contribution in [0.3, 0.4) is 0 Å². The molecule has 3 heteroatoms. The average Bonchev–Trinajstić information content (AvgIpc) is 2.35. The van der Waals surface area contributed by atoms with Crippen molar-refractivity contribution in [3.05, 3.63) is 29.8 Å². The van der Waals surface area contributed by atoms with Gasteiger partial charge >= 0.3 is 0 Å². The summed E-state index contributed by atoms with van der Waals surface area (Å²) in [6, 6.07) is 8.22. The number of rotatable bonds is 4. The van der Waals surface area contributed by atoms with Gasteiger partial charge in [0.05, 0.1) is 18.3 Å². The van der Waals surface area contributed by atoms with E-state index in [-0.39, 0.29) is 11.7 Å². The second kappa shape index (κ2) is 5.72. The Morgan fingerprint density at radius 1 is 1.44 bits per heavy atom. The van der Waals surface area contributed by atoms with Crippen molar-refractivity contribution in [2.24, 2.45) is 0 Å². The molecule has 0 amide bonds. The van der Waals surface area contributed by atoms with Crippen molar-refractivity contribution >= 4 is 0 Å². The fourth-order valence-corrected chi connectivity index (χ4v) is 2.18. The van der Waals surface area contributed by atoms with Gasteiger partial charge in [0.2, 0.25) is 0 Å². The van der Waals surface area contributed by atoms with Gasteiger partial charge in [-0.25, -0.2) is 0 Å². The van der Waals surface area contributed by atoms with E-state index in [2.05, 4.69) is 38.2 Å². The molecule has 1 N–H and O–H groups in total.